The van der Waals surface area contributed by atoms with E-state index in [-0.39, 0.29) is 0 Å². The van der Waals surface area contributed by atoms with E-state index in [2.05, 4.69) is 170 Å². The number of aromatic nitrogens is 2. The molecule has 0 aliphatic rings. The lowest BCUT2D eigenvalue weighted by molar-refractivity contribution is 0.670. The first-order valence-electron chi connectivity index (χ1n) is 18.0. The number of furan rings is 1. The first-order chi connectivity index (χ1) is 26.2. The molecule has 0 aliphatic heterocycles. The monoisotopic (exact) mass is 674 g/mol. The van der Waals surface area contributed by atoms with Gasteiger partial charge >= 0.3 is 0 Å². The predicted octanol–water partition coefficient (Wildman–Crippen LogP) is 13.7. The second kappa shape index (κ2) is 11.7. The largest absolute Gasteiger partial charge is 0.455 e. The maximum Gasteiger partial charge on any atom is 0.161 e. The van der Waals surface area contributed by atoms with E-state index in [0.29, 0.717) is 5.82 Å². The van der Waals surface area contributed by atoms with Gasteiger partial charge in [-0.3, -0.25) is 0 Å². The van der Waals surface area contributed by atoms with Gasteiger partial charge in [0.1, 0.15) is 11.2 Å². The Bertz CT molecular complexity index is 3250. The summed E-state index contributed by atoms with van der Waals surface area (Å²) in [5.41, 5.74) is 8.62. The van der Waals surface area contributed by atoms with Gasteiger partial charge in [-0.15, -0.1) is 0 Å². The van der Waals surface area contributed by atoms with Crippen LogP contribution in [0.2, 0.25) is 0 Å². The van der Waals surface area contributed by atoms with Crippen LogP contribution in [0.25, 0.3) is 110 Å². The smallest absolute Gasteiger partial charge is 0.161 e. The van der Waals surface area contributed by atoms with Crippen LogP contribution in [0.1, 0.15) is 0 Å². The van der Waals surface area contributed by atoms with E-state index in [1.165, 1.54) is 43.1 Å². The van der Waals surface area contributed by atoms with E-state index < -0.39 is 0 Å². The normalized spacial score (nSPS) is 11.8. The van der Waals surface area contributed by atoms with Crippen molar-refractivity contribution in [3.05, 3.63) is 182 Å². The highest BCUT2D eigenvalue weighted by Gasteiger charge is 2.19. The molecule has 0 amide bonds. The van der Waals surface area contributed by atoms with E-state index in [9.17, 15) is 0 Å². The van der Waals surface area contributed by atoms with Gasteiger partial charge in [-0.25, -0.2) is 9.97 Å². The SMILES string of the molecule is c1ccc2cc(-c3cc(-c4ccc5c(ccc6ccccc65)c4)nc(-c4cccc5oc6c(-c7ccc8ccccc8c7)cccc6c45)n3)ccc2c1. The summed E-state index contributed by atoms with van der Waals surface area (Å²) < 4.78 is 6.72. The van der Waals surface area contributed by atoms with Crippen molar-refractivity contribution in [2.24, 2.45) is 0 Å². The number of fused-ring (bicyclic) bond motifs is 8. The van der Waals surface area contributed by atoms with Crippen molar-refractivity contribution in [1.82, 2.24) is 9.97 Å². The molecule has 11 rings (SSSR count). The quantitative estimate of drug-likeness (QED) is 0.174. The average molecular weight is 675 g/mol. The Labute approximate surface area is 305 Å². The molecular weight excluding hydrogens is 645 g/mol. The third kappa shape index (κ3) is 4.90. The number of para-hydroxylation sites is 1. The molecule has 246 valence electrons. The fourth-order valence-electron chi connectivity index (χ4n) is 8.00. The molecule has 2 heterocycles. The predicted molar refractivity (Wildman–Crippen MR) is 221 cm³/mol. The third-order valence-corrected chi connectivity index (χ3v) is 10.6. The Kier molecular flexibility index (Phi) is 6.55. The van der Waals surface area contributed by atoms with Crippen LogP contribution >= 0.6 is 0 Å². The van der Waals surface area contributed by atoms with Crippen LogP contribution in [-0.2, 0) is 0 Å². The van der Waals surface area contributed by atoms with Crippen molar-refractivity contribution in [3.63, 3.8) is 0 Å². The molecule has 0 unspecified atom stereocenters. The standard InChI is InChI=1S/C50H30N2O/c1-3-12-34-27-37(22-19-31(34)9-1)42-15-7-16-43-48-44(17-8-18-47(48)53-49(42)43)50-51-45(38-24-20-32-10-2-4-13-35(32)28-38)30-46(52-50)39-25-26-41-36(29-39)23-21-33-11-5-6-14-40(33)41/h1-30H. The van der Waals surface area contributed by atoms with Crippen LogP contribution in [0.5, 0.6) is 0 Å². The Morgan fingerprint density at radius 1 is 0.340 bits per heavy atom. The van der Waals surface area contributed by atoms with Crippen molar-refractivity contribution < 1.29 is 4.42 Å². The van der Waals surface area contributed by atoms with Gasteiger partial charge in [-0.2, -0.15) is 0 Å². The molecule has 3 heteroatoms. The summed E-state index contributed by atoms with van der Waals surface area (Å²) >= 11 is 0. The van der Waals surface area contributed by atoms with Gasteiger partial charge < -0.3 is 4.42 Å². The number of benzene rings is 9. The fourth-order valence-corrected chi connectivity index (χ4v) is 8.00. The minimum Gasteiger partial charge on any atom is -0.455 e. The van der Waals surface area contributed by atoms with Crippen LogP contribution in [0.3, 0.4) is 0 Å². The average Bonchev–Trinajstić information content (AvgIpc) is 3.62. The maximum atomic E-state index is 6.72. The first kappa shape index (κ1) is 29.6. The Hall–Kier alpha value is -7.10. The zero-order valence-corrected chi connectivity index (χ0v) is 28.6. The van der Waals surface area contributed by atoms with E-state index in [1.807, 2.05) is 12.1 Å². The Morgan fingerprint density at radius 3 is 1.64 bits per heavy atom. The highest BCUT2D eigenvalue weighted by atomic mass is 16.3. The molecule has 0 saturated heterocycles. The molecule has 0 bridgehead atoms. The lowest BCUT2D eigenvalue weighted by atomic mass is 9.97. The molecule has 0 fully saturated rings. The van der Waals surface area contributed by atoms with E-state index in [1.54, 1.807) is 0 Å². The lowest BCUT2D eigenvalue weighted by Crippen LogP contribution is -1.96. The molecule has 3 nitrogen and oxygen atoms in total. The zero-order chi connectivity index (χ0) is 34.9. The fraction of sp³-hybridized carbons (Fsp3) is 0. The van der Waals surface area contributed by atoms with E-state index >= 15 is 0 Å². The molecule has 0 radical (unpaired) electrons. The Balaban J connectivity index is 1.13. The van der Waals surface area contributed by atoms with Crippen LogP contribution in [0.4, 0.5) is 0 Å². The van der Waals surface area contributed by atoms with Gasteiger partial charge in [0, 0.05) is 33.0 Å². The molecule has 9 aromatic carbocycles. The molecule has 0 aliphatic carbocycles. The van der Waals surface area contributed by atoms with Crippen LogP contribution in [0.15, 0.2) is 186 Å². The van der Waals surface area contributed by atoms with E-state index in [4.69, 9.17) is 14.4 Å². The summed E-state index contributed by atoms with van der Waals surface area (Å²) in [6.45, 7) is 0. The number of nitrogens with zero attached hydrogens (tertiary/aromatic N) is 2. The summed E-state index contributed by atoms with van der Waals surface area (Å²) in [7, 11) is 0. The second-order valence-corrected chi connectivity index (χ2v) is 13.8. The number of hydrogen-bond acceptors (Lipinski definition) is 3. The molecule has 11 aromatic rings. The van der Waals surface area contributed by atoms with Crippen LogP contribution < -0.4 is 0 Å². The lowest BCUT2D eigenvalue weighted by Gasteiger charge is -2.12. The van der Waals surface area contributed by atoms with Gasteiger partial charge in [0.25, 0.3) is 0 Å². The van der Waals surface area contributed by atoms with Crippen LogP contribution in [0, 0.1) is 0 Å². The van der Waals surface area contributed by atoms with Gasteiger partial charge in [0.05, 0.1) is 11.4 Å². The maximum absolute atomic E-state index is 6.72. The molecule has 0 N–H and O–H groups in total. The summed E-state index contributed by atoms with van der Waals surface area (Å²) in [4.78, 5) is 10.6. The summed E-state index contributed by atoms with van der Waals surface area (Å²) in [5.74, 6) is 0.661. The molecule has 0 saturated carbocycles. The van der Waals surface area contributed by atoms with Gasteiger partial charge in [-0.05, 0) is 79.0 Å². The van der Waals surface area contributed by atoms with Crippen molar-refractivity contribution >= 4 is 65.0 Å². The summed E-state index contributed by atoms with van der Waals surface area (Å²) in [5, 5.41) is 11.7. The highest BCUT2D eigenvalue weighted by molar-refractivity contribution is 6.15. The number of rotatable bonds is 4. The minimum atomic E-state index is 0.661. The topological polar surface area (TPSA) is 38.9 Å². The summed E-state index contributed by atoms with van der Waals surface area (Å²) in [6.07, 6.45) is 0. The number of hydrogen-bond donors (Lipinski definition) is 0. The molecule has 2 aromatic heterocycles. The van der Waals surface area contributed by atoms with Crippen LogP contribution in [-0.4, -0.2) is 9.97 Å². The van der Waals surface area contributed by atoms with Crippen molar-refractivity contribution in [1.29, 1.82) is 0 Å². The van der Waals surface area contributed by atoms with E-state index in [0.717, 1.165) is 61.1 Å². The van der Waals surface area contributed by atoms with Crippen molar-refractivity contribution in [3.8, 4) is 45.0 Å². The molecule has 0 spiro atoms. The third-order valence-electron chi connectivity index (χ3n) is 10.6. The molecule has 53 heavy (non-hydrogen) atoms. The van der Waals surface area contributed by atoms with Crippen molar-refractivity contribution in [2.45, 2.75) is 0 Å². The zero-order valence-electron chi connectivity index (χ0n) is 28.6. The minimum absolute atomic E-state index is 0.661. The highest BCUT2D eigenvalue weighted by Crippen LogP contribution is 2.41. The second-order valence-electron chi connectivity index (χ2n) is 13.8. The van der Waals surface area contributed by atoms with Crippen molar-refractivity contribution in [2.75, 3.05) is 0 Å². The molecule has 0 atom stereocenters. The first-order valence-corrected chi connectivity index (χ1v) is 18.0. The van der Waals surface area contributed by atoms with Gasteiger partial charge in [-0.1, -0.05) is 152 Å². The van der Waals surface area contributed by atoms with Gasteiger partial charge in [0.2, 0.25) is 0 Å². The van der Waals surface area contributed by atoms with Gasteiger partial charge in [0.15, 0.2) is 5.82 Å². The summed E-state index contributed by atoms with van der Waals surface area (Å²) in [6, 6.07) is 64.5. The molecular formula is C50H30N2O. The Morgan fingerprint density at radius 2 is 0.868 bits per heavy atom.